The van der Waals surface area contributed by atoms with Crippen LogP contribution in [0.2, 0.25) is 0 Å². The topological polar surface area (TPSA) is 71.2 Å². The van der Waals surface area contributed by atoms with Gasteiger partial charge in [-0.2, -0.15) is 0 Å². The summed E-state index contributed by atoms with van der Waals surface area (Å²) in [4.78, 5) is 23.0. The van der Waals surface area contributed by atoms with Crippen LogP contribution in [-0.2, 0) is 6.54 Å². The zero-order valence-corrected chi connectivity index (χ0v) is 14.9. The summed E-state index contributed by atoms with van der Waals surface area (Å²) in [7, 11) is 0. The molecule has 1 aromatic carbocycles. The van der Waals surface area contributed by atoms with E-state index >= 15 is 0 Å². The Bertz CT molecular complexity index is 838. The number of imidazole rings is 1. The van der Waals surface area contributed by atoms with Crippen LogP contribution in [0, 0.1) is 0 Å². The summed E-state index contributed by atoms with van der Waals surface area (Å²) in [5.41, 5.74) is 0.497. The van der Waals surface area contributed by atoms with Crippen molar-refractivity contribution >= 4 is 5.91 Å². The molecule has 0 aliphatic carbocycles. The van der Waals surface area contributed by atoms with Gasteiger partial charge in [0.2, 0.25) is 0 Å². The highest BCUT2D eigenvalue weighted by atomic mass is 16.3. The maximum Gasteiger partial charge on any atom is 0.255 e. The Morgan fingerprint density at radius 1 is 1.19 bits per heavy atom. The third-order valence-electron chi connectivity index (χ3n) is 3.85. The maximum atomic E-state index is 13.0. The predicted molar refractivity (Wildman–Crippen MR) is 98.8 cm³/mol. The van der Waals surface area contributed by atoms with Crippen molar-refractivity contribution in [3.8, 4) is 5.82 Å². The van der Waals surface area contributed by atoms with Crippen molar-refractivity contribution in [1.29, 1.82) is 0 Å². The van der Waals surface area contributed by atoms with E-state index in [1.807, 2.05) is 30.3 Å². The standard InChI is InChI=1S/C20H22N4O2/c1-20(2,26)14-24(13-16-6-4-3-5-7-16)19(25)17-8-9-18(22-12-17)23-11-10-21-15-23/h3-12,15,26H,13-14H2,1-2H3. The van der Waals surface area contributed by atoms with Crippen LogP contribution in [0.3, 0.4) is 0 Å². The molecule has 3 rings (SSSR count). The molecule has 0 spiro atoms. The number of hydrogen-bond acceptors (Lipinski definition) is 4. The smallest absolute Gasteiger partial charge is 0.255 e. The quantitative estimate of drug-likeness (QED) is 0.742. The van der Waals surface area contributed by atoms with E-state index in [1.165, 1.54) is 0 Å². The summed E-state index contributed by atoms with van der Waals surface area (Å²) >= 11 is 0. The number of benzene rings is 1. The fraction of sp³-hybridized carbons (Fsp3) is 0.250. The molecule has 2 heterocycles. The number of amides is 1. The number of nitrogens with zero attached hydrogens (tertiary/aromatic N) is 4. The number of hydrogen-bond donors (Lipinski definition) is 1. The Morgan fingerprint density at radius 2 is 1.96 bits per heavy atom. The first-order chi connectivity index (χ1) is 12.4. The summed E-state index contributed by atoms with van der Waals surface area (Å²) in [5.74, 6) is 0.525. The van der Waals surface area contributed by atoms with Gasteiger partial charge in [0.15, 0.2) is 0 Å². The molecule has 0 aliphatic rings. The van der Waals surface area contributed by atoms with Gasteiger partial charge in [-0.1, -0.05) is 30.3 Å². The zero-order valence-electron chi connectivity index (χ0n) is 14.9. The normalized spacial score (nSPS) is 11.3. The molecular formula is C20H22N4O2. The molecule has 6 heteroatoms. The summed E-state index contributed by atoms with van der Waals surface area (Å²) in [5, 5.41) is 10.2. The molecule has 0 bridgehead atoms. The number of aliphatic hydroxyl groups is 1. The molecule has 0 aliphatic heterocycles. The lowest BCUT2D eigenvalue weighted by molar-refractivity contribution is 0.0280. The van der Waals surface area contributed by atoms with Crippen molar-refractivity contribution < 1.29 is 9.90 Å². The average Bonchev–Trinajstić information content (AvgIpc) is 3.15. The van der Waals surface area contributed by atoms with Crippen LogP contribution in [0.25, 0.3) is 5.82 Å². The molecular weight excluding hydrogens is 328 g/mol. The van der Waals surface area contributed by atoms with Gasteiger partial charge in [-0.05, 0) is 31.5 Å². The van der Waals surface area contributed by atoms with E-state index in [9.17, 15) is 9.90 Å². The van der Waals surface area contributed by atoms with Gasteiger partial charge in [0.05, 0.1) is 11.2 Å². The monoisotopic (exact) mass is 350 g/mol. The molecule has 6 nitrogen and oxygen atoms in total. The Kier molecular flexibility index (Phi) is 5.14. The molecule has 1 N–H and O–H groups in total. The lowest BCUT2D eigenvalue weighted by Crippen LogP contribution is -2.41. The Hall–Kier alpha value is -2.99. The highest BCUT2D eigenvalue weighted by Gasteiger charge is 2.24. The second-order valence-electron chi connectivity index (χ2n) is 6.83. The van der Waals surface area contributed by atoms with Crippen LogP contribution in [-0.4, -0.2) is 42.6 Å². The van der Waals surface area contributed by atoms with Gasteiger partial charge in [-0.25, -0.2) is 9.97 Å². The lowest BCUT2D eigenvalue weighted by atomic mass is 10.1. The fourth-order valence-corrected chi connectivity index (χ4v) is 2.71. The fourth-order valence-electron chi connectivity index (χ4n) is 2.71. The second-order valence-corrected chi connectivity index (χ2v) is 6.83. The third kappa shape index (κ3) is 4.55. The zero-order chi connectivity index (χ0) is 18.6. The highest BCUT2D eigenvalue weighted by molar-refractivity contribution is 5.94. The van der Waals surface area contributed by atoms with E-state index in [2.05, 4.69) is 9.97 Å². The van der Waals surface area contributed by atoms with E-state index in [0.717, 1.165) is 5.56 Å². The van der Waals surface area contributed by atoms with Gasteiger partial charge in [0, 0.05) is 31.7 Å². The van der Waals surface area contributed by atoms with Crippen LogP contribution in [0.4, 0.5) is 0 Å². The SMILES string of the molecule is CC(C)(O)CN(Cc1ccccc1)C(=O)c1ccc(-n2ccnc2)nc1. The first-order valence-electron chi connectivity index (χ1n) is 8.42. The molecule has 1 amide bonds. The molecule has 2 aromatic heterocycles. The molecule has 0 atom stereocenters. The summed E-state index contributed by atoms with van der Waals surface area (Å²) < 4.78 is 1.77. The molecule has 0 saturated carbocycles. The van der Waals surface area contributed by atoms with E-state index in [-0.39, 0.29) is 12.5 Å². The molecule has 0 fully saturated rings. The van der Waals surface area contributed by atoms with Gasteiger partial charge in [-0.15, -0.1) is 0 Å². The number of carbonyl (C=O) groups excluding carboxylic acids is 1. The van der Waals surface area contributed by atoms with Crippen LogP contribution in [0.5, 0.6) is 0 Å². The molecule has 0 saturated heterocycles. The second kappa shape index (κ2) is 7.49. The first kappa shape index (κ1) is 17.8. The number of pyridine rings is 1. The van der Waals surface area contributed by atoms with Crippen LogP contribution >= 0.6 is 0 Å². The van der Waals surface area contributed by atoms with Crippen LogP contribution < -0.4 is 0 Å². The van der Waals surface area contributed by atoms with Gasteiger partial charge in [0.25, 0.3) is 5.91 Å². The molecule has 134 valence electrons. The van der Waals surface area contributed by atoms with Crippen molar-refractivity contribution in [3.63, 3.8) is 0 Å². The Morgan fingerprint density at radius 3 is 2.54 bits per heavy atom. The van der Waals surface area contributed by atoms with Crippen molar-refractivity contribution in [2.24, 2.45) is 0 Å². The van der Waals surface area contributed by atoms with Crippen LogP contribution in [0.15, 0.2) is 67.4 Å². The minimum absolute atomic E-state index is 0.166. The Labute approximate surface area is 152 Å². The van der Waals surface area contributed by atoms with Crippen molar-refractivity contribution in [2.75, 3.05) is 6.54 Å². The number of carbonyl (C=O) groups is 1. The number of rotatable bonds is 6. The predicted octanol–water partition coefficient (Wildman–Crippen LogP) is 2.68. The lowest BCUT2D eigenvalue weighted by Gasteiger charge is -2.29. The van der Waals surface area contributed by atoms with E-state index in [4.69, 9.17) is 0 Å². The van der Waals surface area contributed by atoms with Gasteiger partial charge in [0.1, 0.15) is 12.1 Å². The largest absolute Gasteiger partial charge is 0.389 e. The van der Waals surface area contributed by atoms with E-state index < -0.39 is 5.60 Å². The summed E-state index contributed by atoms with van der Waals surface area (Å²) in [6.45, 7) is 4.04. The van der Waals surface area contributed by atoms with E-state index in [0.29, 0.717) is 17.9 Å². The van der Waals surface area contributed by atoms with Gasteiger partial charge < -0.3 is 10.0 Å². The minimum atomic E-state index is -0.991. The summed E-state index contributed by atoms with van der Waals surface area (Å²) in [6, 6.07) is 13.3. The number of aromatic nitrogens is 3. The molecule has 26 heavy (non-hydrogen) atoms. The van der Waals surface area contributed by atoms with Crippen molar-refractivity contribution in [3.05, 3.63) is 78.5 Å². The average molecular weight is 350 g/mol. The minimum Gasteiger partial charge on any atom is -0.389 e. The van der Waals surface area contributed by atoms with Crippen molar-refractivity contribution in [1.82, 2.24) is 19.4 Å². The Balaban J connectivity index is 1.82. The van der Waals surface area contributed by atoms with Crippen molar-refractivity contribution in [2.45, 2.75) is 26.0 Å². The van der Waals surface area contributed by atoms with Gasteiger partial charge >= 0.3 is 0 Å². The molecule has 0 unspecified atom stereocenters. The summed E-state index contributed by atoms with van der Waals surface area (Å²) in [6.07, 6.45) is 6.67. The third-order valence-corrected chi connectivity index (χ3v) is 3.85. The highest BCUT2D eigenvalue weighted by Crippen LogP contribution is 2.15. The van der Waals surface area contributed by atoms with Crippen LogP contribution in [0.1, 0.15) is 29.8 Å². The maximum absolute atomic E-state index is 13.0. The van der Waals surface area contributed by atoms with E-state index in [1.54, 1.807) is 60.4 Å². The molecule has 0 radical (unpaired) electrons. The van der Waals surface area contributed by atoms with Gasteiger partial charge in [-0.3, -0.25) is 9.36 Å². The molecule has 3 aromatic rings. The first-order valence-corrected chi connectivity index (χ1v) is 8.42.